The molecule has 0 bridgehead atoms. The van der Waals surface area contributed by atoms with Crippen LogP contribution in [0.25, 0.3) is 0 Å². The largest absolute Gasteiger partial charge is 0.444 e. The van der Waals surface area contributed by atoms with Crippen LogP contribution in [0.2, 0.25) is 0 Å². The predicted molar refractivity (Wildman–Crippen MR) is 92.5 cm³/mol. The first kappa shape index (κ1) is 19.0. The second-order valence-corrected chi connectivity index (χ2v) is 7.18. The number of hydrogen-bond acceptors (Lipinski definition) is 3. The first-order valence-electron chi connectivity index (χ1n) is 7.87. The number of carbonyl (C=O) groups is 2. The molecule has 1 unspecified atom stereocenters. The molecule has 1 atom stereocenters. The van der Waals surface area contributed by atoms with Gasteiger partial charge in [0.1, 0.15) is 11.6 Å². The van der Waals surface area contributed by atoms with E-state index >= 15 is 0 Å². The SMILES string of the molecule is Cc1ccc(C)c(NC(=O)C(NC(=O)OC(C)(C)C)C(C)C)c1. The molecule has 0 aliphatic rings. The van der Waals surface area contributed by atoms with E-state index in [-0.39, 0.29) is 11.8 Å². The number of anilines is 1. The van der Waals surface area contributed by atoms with Crippen molar-refractivity contribution in [2.75, 3.05) is 5.32 Å². The summed E-state index contributed by atoms with van der Waals surface area (Å²) in [6.45, 7) is 13.0. The molecule has 5 nitrogen and oxygen atoms in total. The predicted octanol–water partition coefficient (Wildman–Crippen LogP) is 3.79. The molecule has 1 aromatic rings. The molecule has 0 aliphatic heterocycles. The third-order valence-electron chi connectivity index (χ3n) is 3.27. The number of benzene rings is 1. The van der Waals surface area contributed by atoms with Crippen LogP contribution in [0.5, 0.6) is 0 Å². The molecule has 2 N–H and O–H groups in total. The lowest BCUT2D eigenvalue weighted by atomic mass is 10.0. The zero-order valence-corrected chi connectivity index (χ0v) is 15.1. The minimum Gasteiger partial charge on any atom is -0.444 e. The number of amides is 2. The zero-order chi connectivity index (χ0) is 17.8. The summed E-state index contributed by atoms with van der Waals surface area (Å²) in [5.74, 6) is -0.313. The summed E-state index contributed by atoms with van der Waals surface area (Å²) in [7, 11) is 0. The van der Waals surface area contributed by atoms with Gasteiger partial charge >= 0.3 is 6.09 Å². The summed E-state index contributed by atoms with van der Waals surface area (Å²) in [6, 6.07) is 5.20. The van der Waals surface area contributed by atoms with Crippen molar-refractivity contribution in [2.45, 2.75) is 60.1 Å². The molecule has 5 heteroatoms. The Morgan fingerprint density at radius 2 is 1.74 bits per heavy atom. The highest BCUT2D eigenvalue weighted by molar-refractivity contribution is 5.97. The number of aryl methyl sites for hydroxylation is 2. The fourth-order valence-electron chi connectivity index (χ4n) is 2.05. The molecule has 0 spiro atoms. The second kappa shape index (κ2) is 7.49. The number of ether oxygens (including phenoxy) is 1. The van der Waals surface area contributed by atoms with Crippen LogP contribution < -0.4 is 10.6 Å². The Morgan fingerprint density at radius 3 is 2.26 bits per heavy atom. The van der Waals surface area contributed by atoms with Crippen molar-refractivity contribution >= 4 is 17.7 Å². The Kier molecular flexibility index (Phi) is 6.19. The minimum atomic E-state index is -0.662. The van der Waals surface area contributed by atoms with Crippen LogP contribution in [0.1, 0.15) is 45.7 Å². The maximum atomic E-state index is 12.5. The van der Waals surface area contributed by atoms with E-state index < -0.39 is 17.7 Å². The van der Waals surface area contributed by atoms with Gasteiger partial charge in [0.25, 0.3) is 0 Å². The topological polar surface area (TPSA) is 67.4 Å². The number of alkyl carbamates (subject to hydrolysis) is 1. The van der Waals surface area contributed by atoms with Gasteiger partial charge in [-0.05, 0) is 57.7 Å². The van der Waals surface area contributed by atoms with Gasteiger partial charge in [0.2, 0.25) is 5.91 Å². The van der Waals surface area contributed by atoms with E-state index in [0.29, 0.717) is 0 Å². The van der Waals surface area contributed by atoms with Gasteiger partial charge in [-0.3, -0.25) is 4.79 Å². The molecule has 0 saturated carbocycles. The Morgan fingerprint density at radius 1 is 1.13 bits per heavy atom. The number of rotatable bonds is 4. The molecule has 0 heterocycles. The molecule has 0 aliphatic carbocycles. The molecule has 1 aromatic carbocycles. The fourth-order valence-corrected chi connectivity index (χ4v) is 2.05. The van der Waals surface area contributed by atoms with Crippen LogP contribution in [0.4, 0.5) is 10.5 Å². The molecule has 1 rings (SSSR count). The van der Waals surface area contributed by atoms with Gasteiger partial charge in [0.15, 0.2) is 0 Å². The van der Waals surface area contributed by atoms with E-state index in [0.717, 1.165) is 16.8 Å². The fraction of sp³-hybridized carbons (Fsp3) is 0.556. The lowest BCUT2D eigenvalue weighted by Gasteiger charge is -2.25. The molecule has 2 amide bonds. The highest BCUT2D eigenvalue weighted by atomic mass is 16.6. The standard InChI is InChI=1S/C18H28N2O3/c1-11(2)15(20-17(22)23-18(5,6)7)16(21)19-14-10-12(3)8-9-13(14)4/h8-11,15H,1-7H3,(H,19,21)(H,20,22). The molecule has 0 aromatic heterocycles. The smallest absolute Gasteiger partial charge is 0.408 e. The van der Waals surface area contributed by atoms with E-state index in [9.17, 15) is 9.59 Å². The average molecular weight is 320 g/mol. The van der Waals surface area contributed by atoms with E-state index in [1.807, 2.05) is 45.9 Å². The number of carbonyl (C=O) groups excluding carboxylic acids is 2. The van der Waals surface area contributed by atoms with Gasteiger partial charge in [0, 0.05) is 5.69 Å². The maximum Gasteiger partial charge on any atom is 0.408 e. The highest BCUT2D eigenvalue weighted by Gasteiger charge is 2.27. The first-order chi connectivity index (χ1) is 10.5. The van der Waals surface area contributed by atoms with Crippen molar-refractivity contribution in [3.8, 4) is 0 Å². The lowest BCUT2D eigenvalue weighted by molar-refractivity contribution is -0.119. The van der Waals surface area contributed by atoms with Crippen LogP contribution in [-0.4, -0.2) is 23.6 Å². The van der Waals surface area contributed by atoms with Crippen molar-refractivity contribution < 1.29 is 14.3 Å². The number of nitrogens with one attached hydrogen (secondary N) is 2. The molecule has 0 radical (unpaired) electrons. The van der Waals surface area contributed by atoms with Gasteiger partial charge in [-0.1, -0.05) is 26.0 Å². The van der Waals surface area contributed by atoms with E-state index in [2.05, 4.69) is 10.6 Å². The van der Waals surface area contributed by atoms with Crippen LogP contribution >= 0.6 is 0 Å². The molecule has 0 fully saturated rings. The average Bonchev–Trinajstić information content (AvgIpc) is 2.37. The molecule has 0 saturated heterocycles. The zero-order valence-electron chi connectivity index (χ0n) is 15.1. The van der Waals surface area contributed by atoms with E-state index in [4.69, 9.17) is 4.74 Å². The van der Waals surface area contributed by atoms with Crippen LogP contribution in [0, 0.1) is 19.8 Å². The monoisotopic (exact) mass is 320 g/mol. The molecular weight excluding hydrogens is 292 g/mol. The molecule has 128 valence electrons. The van der Waals surface area contributed by atoms with E-state index in [1.165, 1.54) is 0 Å². The summed E-state index contributed by atoms with van der Waals surface area (Å²) in [5.41, 5.74) is 2.19. The van der Waals surface area contributed by atoms with E-state index in [1.54, 1.807) is 20.8 Å². The highest BCUT2D eigenvalue weighted by Crippen LogP contribution is 2.17. The Balaban J connectivity index is 2.83. The lowest BCUT2D eigenvalue weighted by Crippen LogP contribution is -2.48. The van der Waals surface area contributed by atoms with Crippen molar-refractivity contribution in [1.29, 1.82) is 0 Å². The third-order valence-corrected chi connectivity index (χ3v) is 3.27. The van der Waals surface area contributed by atoms with Gasteiger partial charge in [-0.2, -0.15) is 0 Å². The van der Waals surface area contributed by atoms with Crippen LogP contribution in [0.3, 0.4) is 0 Å². The summed E-state index contributed by atoms with van der Waals surface area (Å²) < 4.78 is 5.23. The Bertz CT molecular complexity index is 574. The maximum absolute atomic E-state index is 12.5. The quantitative estimate of drug-likeness (QED) is 0.887. The van der Waals surface area contributed by atoms with Crippen LogP contribution in [-0.2, 0) is 9.53 Å². The number of hydrogen-bond donors (Lipinski definition) is 2. The molecular formula is C18H28N2O3. The van der Waals surface area contributed by atoms with Gasteiger partial charge in [-0.15, -0.1) is 0 Å². The Labute approximate surface area is 138 Å². The third kappa shape index (κ3) is 6.30. The summed E-state index contributed by atoms with van der Waals surface area (Å²) >= 11 is 0. The summed E-state index contributed by atoms with van der Waals surface area (Å²) in [6.07, 6.45) is -0.590. The van der Waals surface area contributed by atoms with Gasteiger partial charge < -0.3 is 15.4 Å². The normalized spacial score (nSPS) is 12.7. The molecule has 23 heavy (non-hydrogen) atoms. The summed E-state index contributed by atoms with van der Waals surface area (Å²) in [4.78, 5) is 24.5. The first-order valence-corrected chi connectivity index (χ1v) is 7.87. The van der Waals surface area contributed by atoms with Crippen molar-refractivity contribution in [3.63, 3.8) is 0 Å². The van der Waals surface area contributed by atoms with Crippen molar-refractivity contribution in [2.24, 2.45) is 5.92 Å². The minimum absolute atomic E-state index is 0.0624. The van der Waals surface area contributed by atoms with Crippen molar-refractivity contribution in [1.82, 2.24) is 5.32 Å². The Hall–Kier alpha value is -2.04. The van der Waals surface area contributed by atoms with Crippen molar-refractivity contribution in [3.05, 3.63) is 29.3 Å². The summed E-state index contributed by atoms with van der Waals surface area (Å²) in [5, 5.41) is 5.55. The van der Waals surface area contributed by atoms with Gasteiger partial charge in [0.05, 0.1) is 0 Å². The second-order valence-electron chi connectivity index (χ2n) is 7.18. The van der Waals surface area contributed by atoms with Gasteiger partial charge in [-0.25, -0.2) is 4.79 Å². The van der Waals surface area contributed by atoms with Crippen LogP contribution in [0.15, 0.2) is 18.2 Å².